The average molecular weight is 446 g/mol. The molecule has 1 atom stereocenters. The molecule has 0 radical (unpaired) electrons. The maximum atomic E-state index is 12.8. The largest absolute Gasteiger partial charge is 0.491 e. The molecule has 0 saturated carbocycles. The van der Waals surface area contributed by atoms with Gasteiger partial charge in [0.1, 0.15) is 5.75 Å². The fourth-order valence-corrected chi connectivity index (χ4v) is 3.23. The van der Waals surface area contributed by atoms with Crippen LogP contribution in [0.2, 0.25) is 0 Å². The predicted octanol–water partition coefficient (Wildman–Crippen LogP) is 5.19. The van der Waals surface area contributed by atoms with Crippen LogP contribution in [0.25, 0.3) is 0 Å². The van der Waals surface area contributed by atoms with Crippen LogP contribution in [0.15, 0.2) is 78.9 Å². The number of amides is 2. The molecule has 0 aliphatic heterocycles. The summed E-state index contributed by atoms with van der Waals surface area (Å²) in [5, 5.41) is 5.94. The number of carbonyl (C=O) groups excluding carboxylic acids is 2. The molecule has 6 heteroatoms. The number of hydrogen-bond acceptors (Lipinski definition) is 4. The van der Waals surface area contributed by atoms with Crippen molar-refractivity contribution in [3.63, 3.8) is 0 Å². The van der Waals surface area contributed by atoms with Crippen LogP contribution >= 0.6 is 0 Å². The van der Waals surface area contributed by atoms with Crippen LogP contribution < -0.4 is 15.4 Å². The highest BCUT2D eigenvalue weighted by molar-refractivity contribution is 5.98. The lowest BCUT2D eigenvalue weighted by Gasteiger charge is -2.18. The molecule has 0 aromatic heterocycles. The van der Waals surface area contributed by atoms with Crippen LogP contribution in [0, 0.1) is 0 Å². The Kier molecular flexibility index (Phi) is 8.47. The molecule has 0 bridgehead atoms. The SMILES string of the molecule is CCC(C)Oc1ccc(NCC(=O)Nc2cccc(C(=O)N(C)Cc3ccccc3)c2)cc1. The highest BCUT2D eigenvalue weighted by atomic mass is 16.5. The van der Waals surface area contributed by atoms with E-state index in [-0.39, 0.29) is 24.5 Å². The lowest BCUT2D eigenvalue weighted by molar-refractivity contribution is -0.114. The molecule has 6 nitrogen and oxygen atoms in total. The van der Waals surface area contributed by atoms with Crippen LogP contribution in [0.4, 0.5) is 11.4 Å². The Morgan fingerprint density at radius 2 is 1.67 bits per heavy atom. The van der Waals surface area contributed by atoms with Gasteiger partial charge in [0.2, 0.25) is 5.91 Å². The third kappa shape index (κ3) is 7.38. The molecular weight excluding hydrogens is 414 g/mol. The first kappa shape index (κ1) is 23.9. The molecule has 0 aliphatic carbocycles. The van der Waals surface area contributed by atoms with Crippen molar-refractivity contribution in [2.45, 2.75) is 32.9 Å². The van der Waals surface area contributed by atoms with Crippen LogP contribution in [-0.2, 0) is 11.3 Å². The molecule has 2 N–H and O–H groups in total. The van der Waals surface area contributed by atoms with Crippen LogP contribution in [0.3, 0.4) is 0 Å². The Morgan fingerprint density at radius 1 is 0.939 bits per heavy atom. The van der Waals surface area contributed by atoms with Gasteiger partial charge in [0.15, 0.2) is 0 Å². The molecule has 33 heavy (non-hydrogen) atoms. The van der Waals surface area contributed by atoms with Gasteiger partial charge in [0.25, 0.3) is 5.91 Å². The van der Waals surface area contributed by atoms with E-state index in [0.29, 0.717) is 17.8 Å². The summed E-state index contributed by atoms with van der Waals surface area (Å²) in [5.41, 5.74) is 2.99. The van der Waals surface area contributed by atoms with E-state index in [9.17, 15) is 9.59 Å². The van der Waals surface area contributed by atoms with E-state index in [1.807, 2.05) is 61.5 Å². The number of anilines is 2. The average Bonchev–Trinajstić information content (AvgIpc) is 2.83. The second-order valence-electron chi connectivity index (χ2n) is 7.99. The fraction of sp³-hybridized carbons (Fsp3) is 0.259. The lowest BCUT2D eigenvalue weighted by atomic mass is 10.1. The van der Waals surface area contributed by atoms with Crippen molar-refractivity contribution in [1.82, 2.24) is 4.90 Å². The molecule has 3 aromatic carbocycles. The second kappa shape index (κ2) is 11.7. The summed E-state index contributed by atoms with van der Waals surface area (Å²) >= 11 is 0. The van der Waals surface area contributed by atoms with Crippen molar-refractivity contribution in [1.29, 1.82) is 0 Å². The van der Waals surface area contributed by atoms with Gasteiger partial charge in [-0.05, 0) is 61.4 Å². The topological polar surface area (TPSA) is 70.7 Å². The van der Waals surface area contributed by atoms with Gasteiger partial charge in [-0.2, -0.15) is 0 Å². The molecule has 3 rings (SSSR count). The number of nitrogens with one attached hydrogen (secondary N) is 2. The highest BCUT2D eigenvalue weighted by Gasteiger charge is 2.13. The van der Waals surface area contributed by atoms with Crippen LogP contribution in [-0.4, -0.2) is 36.4 Å². The minimum atomic E-state index is -0.197. The van der Waals surface area contributed by atoms with Crippen molar-refractivity contribution < 1.29 is 14.3 Å². The van der Waals surface area contributed by atoms with Crippen molar-refractivity contribution >= 4 is 23.2 Å². The lowest BCUT2D eigenvalue weighted by Crippen LogP contribution is -2.26. The smallest absolute Gasteiger partial charge is 0.253 e. The number of nitrogens with zero attached hydrogens (tertiary/aromatic N) is 1. The van der Waals surface area contributed by atoms with E-state index < -0.39 is 0 Å². The first-order chi connectivity index (χ1) is 15.9. The number of rotatable bonds is 10. The molecule has 0 heterocycles. The fourth-order valence-electron chi connectivity index (χ4n) is 3.23. The number of benzene rings is 3. The summed E-state index contributed by atoms with van der Waals surface area (Å²) in [6.07, 6.45) is 1.10. The zero-order valence-corrected chi connectivity index (χ0v) is 19.4. The quantitative estimate of drug-likeness (QED) is 0.451. The normalized spacial score (nSPS) is 11.4. The summed E-state index contributed by atoms with van der Waals surface area (Å²) in [6, 6.07) is 24.3. The zero-order chi connectivity index (χ0) is 23.6. The van der Waals surface area contributed by atoms with Crippen molar-refractivity contribution in [2.24, 2.45) is 0 Å². The molecule has 0 spiro atoms. The molecule has 0 saturated heterocycles. The maximum Gasteiger partial charge on any atom is 0.253 e. The second-order valence-corrected chi connectivity index (χ2v) is 7.99. The van der Waals surface area contributed by atoms with E-state index in [4.69, 9.17) is 4.74 Å². The Labute approximate surface area is 195 Å². The summed E-state index contributed by atoms with van der Waals surface area (Å²) in [5.74, 6) is 0.503. The molecule has 172 valence electrons. The van der Waals surface area contributed by atoms with E-state index in [1.54, 1.807) is 36.2 Å². The van der Waals surface area contributed by atoms with Gasteiger partial charge in [0.05, 0.1) is 12.6 Å². The standard InChI is InChI=1S/C27H31N3O3/c1-4-20(2)33-25-15-13-23(14-16-25)28-18-26(31)29-24-12-8-11-22(17-24)27(32)30(3)19-21-9-6-5-7-10-21/h5-17,20,28H,4,18-19H2,1-3H3,(H,29,31). The molecule has 0 fully saturated rings. The van der Waals surface area contributed by atoms with E-state index in [2.05, 4.69) is 17.6 Å². The molecule has 2 amide bonds. The highest BCUT2D eigenvalue weighted by Crippen LogP contribution is 2.18. The summed E-state index contributed by atoms with van der Waals surface area (Å²) < 4.78 is 5.77. The van der Waals surface area contributed by atoms with Gasteiger partial charge in [-0.15, -0.1) is 0 Å². The monoisotopic (exact) mass is 445 g/mol. The van der Waals surface area contributed by atoms with Gasteiger partial charge >= 0.3 is 0 Å². The van der Waals surface area contributed by atoms with Gasteiger partial charge in [0, 0.05) is 30.5 Å². The Balaban J connectivity index is 1.52. The Hall–Kier alpha value is -3.80. The minimum Gasteiger partial charge on any atom is -0.491 e. The first-order valence-corrected chi connectivity index (χ1v) is 11.1. The first-order valence-electron chi connectivity index (χ1n) is 11.1. The third-order valence-electron chi connectivity index (χ3n) is 5.22. The van der Waals surface area contributed by atoms with Crippen molar-refractivity contribution in [2.75, 3.05) is 24.2 Å². The van der Waals surface area contributed by atoms with Crippen molar-refractivity contribution in [3.8, 4) is 5.75 Å². The van der Waals surface area contributed by atoms with Crippen LogP contribution in [0.5, 0.6) is 5.75 Å². The van der Waals surface area contributed by atoms with Crippen molar-refractivity contribution in [3.05, 3.63) is 90.0 Å². The maximum absolute atomic E-state index is 12.8. The zero-order valence-electron chi connectivity index (χ0n) is 19.4. The molecular formula is C27H31N3O3. The van der Waals surface area contributed by atoms with E-state index in [0.717, 1.165) is 23.4 Å². The number of hydrogen-bond donors (Lipinski definition) is 2. The van der Waals surface area contributed by atoms with Gasteiger partial charge < -0.3 is 20.3 Å². The summed E-state index contributed by atoms with van der Waals surface area (Å²) in [7, 11) is 1.77. The van der Waals surface area contributed by atoms with Crippen LogP contribution in [0.1, 0.15) is 36.2 Å². The minimum absolute atomic E-state index is 0.104. The Bertz CT molecular complexity index is 1050. The molecule has 3 aromatic rings. The van der Waals surface area contributed by atoms with E-state index in [1.165, 1.54) is 0 Å². The predicted molar refractivity (Wildman–Crippen MR) is 133 cm³/mol. The number of carbonyl (C=O) groups is 2. The van der Waals surface area contributed by atoms with Gasteiger partial charge in [-0.25, -0.2) is 0 Å². The third-order valence-corrected chi connectivity index (χ3v) is 5.22. The Morgan fingerprint density at radius 3 is 2.36 bits per heavy atom. The number of ether oxygens (including phenoxy) is 1. The summed E-state index contributed by atoms with van der Waals surface area (Å²) in [6.45, 7) is 4.73. The van der Waals surface area contributed by atoms with Gasteiger partial charge in [-0.3, -0.25) is 9.59 Å². The molecule has 1 unspecified atom stereocenters. The van der Waals surface area contributed by atoms with E-state index >= 15 is 0 Å². The van der Waals surface area contributed by atoms with Gasteiger partial charge in [-0.1, -0.05) is 43.3 Å². The molecule has 0 aliphatic rings. The summed E-state index contributed by atoms with van der Waals surface area (Å²) in [4.78, 5) is 26.9.